The largest absolute Gasteiger partial charge is 0.480 e. The van der Waals surface area contributed by atoms with Gasteiger partial charge in [-0.1, -0.05) is 24.3 Å². The summed E-state index contributed by atoms with van der Waals surface area (Å²) in [5, 5.41) is 30.4. The number of aliphatic hydroxyl groups is 1. The van der Waals surface area contributed by atoms with Crippen molar-refractivity contribution < 1.29 is 33.0 Å². The molecular weight excluding hydrogens is 377 g/mol. The Morgan fingerprint density at radius 3 is 2.32 bits per heavy atom. The van der Waals surface area contributed by atoms with E-state index in [0.717, 1.165) is 12.1 Å². The van der Waals surface area contributed by atoms with Gasteiger partial charge in [-0.15, -0.1) is 0 Å². The number of hydrogen-bond donors (Lipinski definition) is 3. The van der Waals surface area contributed by atoms with Gasteiger partial charge in [0.05, 0.1) is 17.2 Å². The van der Waals surface area contributed by atoms with E-state index in [9.17, 15) is 33.0 Å². The van der Waals surface area contributed by atoms with Crippen LogP contribution in [-0.2, 0) is 22.2 Å². The SMILES string of the molecule is N#Cc1cccc(C[C@H](NC(=O)[C@H](O)c2ccc(C(F)(F)F)cc2)C(=O)O)c1. The highest BCUT2D eigenvalue weighted by atomic mass is 19.4. The molecule has 0 heterocycles. The maximum atomic E-state index is 12.6. The summed E-state index contributed by atoms with van der Waals surface area (Å²) >= 11 is 0. The van der Waals surface area contributed by atoms with Crippen molar-refractivity contribution >= 4 is 11.9 Å². The smallest absolute Gasteiger partial charge is 0.416 e. The number of alkyl halides is 3. The summed E-state index contributed by atoms with van der Waals surface area (Å²) in [6, 6.07) is 9.97. The molecule has 2 aromatic carbocycles. The van der Waals surface area contributed by atoms with Crippen molar-refractivity contribution in [1.29, 1.82) is 5.26 Å². The van der Waals surface area contributed by atoms with Crippen LogP contribution >= 0.6 is 0 Å². The standard InChI is InChI=1S/C19H15F3N2O4/c20-19(21,22)14-6-4-13(5-7-14)16(25)17(26)24-15(18(27)28)9-11-2-1-3-12(8-11)10-23/h1-8,15-16,25H,9H2,(H,24,26)(H,27,28)/t15-,16+/m0/s1. The quantitative estimate of drug-likeness (QED) is 0.699. The summed E-state index contributed by atoms with van der Waals surface area (Å²) in [6.45, 7) is 0. The van der Waals surface area contributed by atoms with Gasteiger partial charge >= 0.3 is 12.1 Å². The molecule has 1 amide bonds. The molecule has 2 atom stereocenters. The maximum Gasteiger partial charge on any atom is 0.416 e. The van der Waals surface area contributed by atoms with Crippen LogP contribution in [0.15, 0.2) is 48.5 Å². The summed E-state index contributed by atoms with van der Waals surface area (Å²) in [4.78, 5) is 23.6. The van der Waals surface area contributed by atoms with Crippen LogP contribution in [0, 0.1) is 11.3 Å². The molecule has 0 bridgehead atoms. The summed E-state index contributed by atoms with van der Waals surface area (Å²) in [7, 11) is 0. The fraction of sp³-hybridized carbons (Fsp3) is 0.211. The van der Waals surface area contributed by atoms with E-state index >= 15 is 0 Å². The third-order valence-electron chi connectivity index (χ3n) is 3.91. The first kappa shape index (κ1) is 20.9. The van der Waals surface area contributed by atoms with Crippen LogP contribution < -0.4 is 5.32 Å². The molecule has 3 N–H and O–H groups in total. The lowest BCUT2D eigenvalue weighted by Gasteiger charge is -2.18. The lowest BCUT2D eigenvalue weighted by Crippen LogP contribution is -2.44. The van der Waals surface area contributed by atoms with E-state index in [1.54, 1.807) is 12.1 Å². The second-order valence-corrected chi connectivity index (χ2v) is 5.94. The van der Waals surface area contributed by atoms with Gasteiger partial charge in [0.1, 0.15) is 6.04 Å². The number of aliphatic carboxylic acids is 1. The van der Waals surface area contributed by atoms with Gasteiger partial charge in [-0.25, -0.2) is 4.79 Å². The highest BCUT2D eigenvalue weighted by Crippen LogP contribution is 2.30. The number of rotatable bonds is 6. The highest BCUT2D eigenvalue weighted by Gasteiger charge is 2.31. The molecule has 0 saturated carbocycles. The number of carboxylic acids is 1. The lowest BCUT2D eigenvalue weighted by atomic mass is 10.0. The molecular formula is C19H15F3N2O4. The number of hydrogen-bond acceptors (Lipinski definition) is 4. The molecule has 0 spiro atoms. The minimum absolute atomic E-state index is 0.110. The Labute approximate surface area is 157 Å². The Balaban J connectivity index is 2.10. The summed E-state index contributed by atoms with van der Waals surface area (Å²) in [5.41, 5.74) is -0.251. The Morgan fingerprint density at radius 2 is 1.79 bits per heavy atom. The normalized spacial score (nSPS) is 13.2. The Morgan fingerprint density at radius 1 is 1.14 bits per heavy atom. The third kappa shape index (κ3) is 5.31. The topological polar surface area (TPSA) is 110 Å². The number of benzene rings is 2. The van der Waals surface area contributed by atoms with E-state index in [2.05, 4.69) is 5.32 Å². The summed E-state index contributed by atoms with van der Waals surface area (Å²) in [6.07, 6.45) is -6.54. The van der Waals surface area contributed by atoms with Gasteiger partial charge in [-0.05, 0) is 35.4 Å². The molecule has 0 aliphatic carbocycles. The monoisotopic (exact) mass is 392 g/mol. The zero-order valence-corrected chi connectivity index (χ0v) is 14.3. The van der Waals surface area contributed by atoms with Crippen molar-refractivity contribution in [3.05, 3.63) is 70.8 Å². The van der Waals surface area contributed by atoms with E-state index in [-0.39, 0.29) is 12.0 Å². The molecule has 0 aromatic heterocycles. The van der Waals surface area contributed by atoms with Crippen LogP contribution in [-0.4, -0.2) is 28.1 Å². The maximum absolute atomic E-state index is 12.6. The lowest BCUT2D eigenvalue weighted by molar-refractivity contribution is -0.143. The van der Waals surface area contributed by atoms with Gasteiger partial charge in [-0.2, -0.15) is 18.4 Å². The molecule has 9 heteroatoms. The number of nitriles is 1. The molecule has 6 nitrogen and oxygen atoms in total. The average Bonchev–Trinajstić information content (AvgIpc) is 2.66. The van der Waals surface area contributed by atoms with Crippen molar-refractivity contribution in [2.24, 2.45) is 0 Å². The number of halogens is 3. The number of aliphatic hydroxyl groups excluding tert-OH is 1. The highest BCUT2D eigenvalue weighted by molar-refractivity contribution is 5.87. The predicted molar refractivity (Wildman–Crippen MR) is 90.8 cm³/mol. The fourth-order valence-electron chi connectivity index (χ4n) is 2.46. The molecule has 0 fully saturated rings. The zero-order chi connectivity index (χ0) is 20.9. The van der Waals surface area contributed by atoms with E-state index in [4.69, 9.17) is 5.26 Å². The number of nitrogens with zero attached hydrogens (tertiary/aromatic N) is 1. The molecule has 2 rings (SSSR count). The first-order valence-electron chi connectivity index (χ1n) is 7.99. The Kier molecular flexibility index (Phi) is 6.38. The zero-order valence-electron chi connectivity index (χ0n) is 14.3. The molecule has 0 saturated heterocycles. The Hall–Kier alpha value is -3.38. The molecule has 0 unspecified atom stereocenters. The Bertz CT molecular complexity index is 905. The van der Waals surface area contributed by atoms with Crippen molar-refractivity contribution in [2.45, 2.75) is 24.7 Å². The number of carboxylic acid groups (broad SMARTS) is 1. The second-order valence-electron chi connectivity index (χ2n) is 5.94. The van der Waals surface area contributed by atoms with Crippen LogP contribution in [0.2, 0.25) is 0 Å². The number of amides is 1. The van der Waals surface area contributed by atoms with Crippen LogP contribution in [0.4, 0.5) is 13.2 Å². The van der Waals surface area contributed by atoms with Crippen LogP contribution in [0.1, 0.15) is 28.4 Å². The van der Waals surface area contributed by atoms with Gasteiger partial charge in [0.15, 0.2) is 6.10 Å². The van der Waals surface area contributed by atoms with E-state index in [0.29, 0.717) is 23.3 Å². The van der Waals surface area contributed by atoms with Crippen molar-refractivity contribution in [1.82, 2.24) is 5.32 Å². The summed E-state index contributed by atoms with van der Waals surface area (Å²) < 4.78 is 37.7. The molecule has 0 aliphatic rings. The van der Waals surface area contributed by atoms with Crippen molar-refractivity contribution in [2.75, 3.05) is 0 Å². The predicted octanol–water partition coefficient (Wildman–Crippen LogP) is 2.42. The second kappa shape index (κ2) is 8.54. The minimum atomic E-state index is -4.56. The van der Waals surface area contributed by atoms with Crippen LogP contribution in [0.25, 0.3) is 0 Å². The van der Waals surface area contributed by atoms with Gasteiger partial charge in [0.2, 0.25) is 0 Å². The van der Waals surface area contributed by atoms with E-state index < -0.39 is 35.8 Å². The first-order valence-corrected chi connectivity index (χ1v) is 7.99. The van der Waals surface area contributed by atoms with E-state index in [1.165, 1.54) is 12.1 Å². The molecule has 0 radical (unpaired) electrons. The van der Waals surface area contributed by atoms with E-state index in [1.807, 2.05) is 6.07 Å². The van der Waals surface area contributed by atoms with Crippen molar-refractivity contribution in [3.8, 4) is 6.07 Å². The molecule has 28 heavy (non-hydrogen) atoms. The first-order chi connectivity index (χ1) is 13.1. The fourth-order valence-corrected chi connectivity index (χ4v) is 2.46. The number of nitrogens with one attached hydrogen (secondary N) is 1. The average molecular weight is 392 g/mol. The molecule has 146 valence electrons. The molecule has 0 aliphatic heterocycles. The van der Waals surface area contributed by atoms with Gasteiger partial charge in [0.25, 0.3) is 5.91 Å². The van der Waals surface area contributed by atoms with Gasteiger partial charge in [0, 0.05) is 6.42 Å². The third-order valence-corrected chi connectivity index (χ3v) is 3.91. The van der Waals surface area contributed by atoms with Crippen LogP contribution in [0.5, 0.6) is 0 Å². The number of carbonyl (C=O) groups is 2. The minimum Gasteiger partial charge on any atom is -0.480 e. The molecule has 2 aromatic rings. The van der Waals surface area contributed by atoms with Gasteiger partial charge < -0.3 is 15.5 Å². The van der Waals surface area contributed by atoms with Crippen molar-refractivity contribution in [3.63, 3.8) is 0 Å². The number of carbonyl (C=O) groups excluding carboxylic acids is 1. The van der Waals surface area contributed by atoms with Crippen LogP contribution in [0.3, 0.4) is 0 Å². The van der Waals surface area contributed by atoms with Gasteiger partial charge in [-0.3, -0.25) is 4.79 Å². The summed E-state index contributed by atoms with van der Waals surface area (Å²) in [5.74, 6) is -2.43.